The maximum Gasteiger partial charge on any atom is 0.356 e. The minimum Gasteiger partial charge on any atom is -0.478 e. The van der Waals surface area contributed by atoms with Gasteiger partial charge in [0.05, 0.1) is 0 Å². The summed E-state index contributed by atoms with van der Waals surface area (Å²) in [5.74, 6) is -3.20. The molecule has 0 radical (unpaired) electrons. The smallest absolute Gasteiger partial charge is 0.356 e. The van der Waals surface area contributed by atoms with Crippen molar-refractivity contribution in [1.29, 1.82) is 0 Å². The second-order valence-corrected chi connectivity index (χ2v) is 3.11. The molecular formula is C9H10N2O5. The highest BCUT2D eigenvalue weighted by atomic mass is 16.5. The Bertz CT molecular complexity index is 398. The van der Waals surface area contributed by atoms with Crippen molar-refractivity contribution in [3.05, 3.63) is 17.5 Å². The van der Waals surface area contributed by atoms with Crippen LogP contribution in [0, 0.1) is 13.8 Å². The number of aryl methyl sites for hydroxylation is 2. The average molecular weight is 226 g/mol. The quantitative estimate of drug-likeness (QED) is 0.696. The predicted octanol–water partition coefficient (Wildman–Crippen LogP) is 0.0100. The fourth-order valence-corrected chi connectivity index (χ4v) is 1.06. The predicted molar refractivity (Wildman–Crippen MR) is 51.2 cm³/mol. The Labute approximate surface area is 90.7 Å². The van der Waals surface area contributed by atoms with Crippen LogP contribution in [0.1, 0.15) is 11.4 Å². The van der Waals surface area contributed by atoms with Gasteiger partial charge in [0.15, 0.2) is 0 Å². The highest BCUT2D eigenvalue weighted by molar-refractivity contribution is 5.96. The molecule has 1 heterocycles. The van der Waals surface area contributed by atoms with Gasteiger partial charge in [0.1, 0.15) is 0 Å². The van der Waals surface area contributed by atoms with E-state index in [4.69, 9.17) is 10.2 Å². The number of aliphatic carboxylic acids is 2. The minimum atomic E-state index is -2.00. The first-order valence-corrected chi connectivity index (χ1v) is 4.34. The lowest BCUT2D eigenvalue weighted by atomic mass is 10.3. The van der Waals surface area contributed by atoms with Gasteiger partial charge in [0, 0.05) is 11.4 Å². The van der Waals surface area contributed by atoms with Crippen LogP contribution in [0.15, 0.2) is 6.07 Å². The topological polar surface area (TPSA) is 110 Å². The lowest BCUT2D eigenvalue weighted by molar-refractivity contribution is -0.159. The van der Waals surface area contributed by atoms with E-state index in [2.05, 4.69) is 14.7 Å². The van der Waals surface area contributed by atoms with E-state index in [0.717, 1.165) is 0 Å². The third kappa shape index (κ3) is 2.91. The van der Waals surface area contributed by atoms with Crippen LogP contribution in [0.3, 0.4) is 0 Å². The lowest BCUT2D eigenvalue weighted by Crippen LogP contribution is -2.35. The van der Waals surface area contributed by atoms with E-state index < -0.39 is 18.0 Å². The van der Waals surface area contributed by atoms with Crippen molar-refractivity contribution in [1.82, 2.24) is 9.97 Å². The van der Waals surface area contributed by atoms with Gasteiger partial charge in [-0.05, 0) is 19.9 Å². The third-order valence-corrected chi connectivity index (χ3v) is 1.63. The van der Waals surface area contributed by atoms with E-state index in [1.807, 2.05) is 0 Å². The highest BCUT2D eigenvalue weighted by Gasteiger charge is 2.29. The second-order valence-electron chi connectivity index (χ2n) is 3.11. The van der Waals surface area contributed by atoms with E-state index in [-0.39, 0.29) is 6.01 Å². The molecule has 0 aliphatic rings. The van der Waals surface area contributed by atoms with Crippen LogP contribution < -0.4 is 4.74 Å². The molecule has 0 unspecified atom stereocenters. The first-order valence-electron chi connectivity index (χ1n) is 4.34. The van der Waals surface area contributed by atoms with Crippen molar-refractivity contribution >= 4 is 11.9 Å². The van der Waals surface area contributed by atoms with Crippen molar-refractivity contribution in [3.63, 3.8) is 0 Å². The minimum absolute atomic E-state index is 0.257. The summed E-state index contributed by atoms with van der Waals surface area (Å²) >= 11 is 0. The molecule has 2 N–H and O–H groups in total. The Balaban J connectivity index is 2.93. The van der Waals surface area contributed by atoms with Crippen LogP contribution >= 0.6 is 0 Å². The Morgan fingerprint density at radius 2 is 1.62 bits per heavy atom. The van der Waals surface area contributed by atoms with Gasteiger partial charge < -0.3 is 14.9 Å². The molecule has 0 atom stereocenters. The summed E-state index contributed by atoms with van der Waals surface area (Å²) in [5, 5.41) is 17.2. The van der Waals surface area contributed by atoms with Crippen LogP contribution in [0.5, 0.6) is 6.01 Å². The van der Waals surface area contributed by atoms with E-state index in [9.17, 15) is 9.59 Å². The Morgan fingerprint density at radius 1 is 1.19 bits per heavy atom. The van der Waals surface area contributed by atoms with Crippen molar-refractivity contribution in [2.75, 3.05) is 0 Å². The Morgan fingerprint density at radius 3 is 2.00 bits per heavy atom. The number of carboxylic acid groups (broad SMARTS) is 2. The van der Waals surface area contributed by atoms with Crippen LogP contribution in [0.4, 0.5) is 0 Å². The van der Waals surface area contributed by atoms with E-state index in [0.29, 0.717) is 11.4 Å². The maximum absolute atomic E-state index is 10.6. The molecule has 0 aliphatic heterocycles. The summed E-state index contributed by atoms with van der Waals surface area (Å²) in [6.07, 6.45) is -2.00. The van der Waals surface area contributed by atoms with Gasteiger partial charge in [-0.15, -0.1) is 0 Å². The highest BCUT2D eigenvalue weighted by Crippen LogP contribution is 2.08. The lowest BCUT2D eigenvalue weighted by Gasteiger charge is -2.09. The molecule has 86 valence electrons. The van der Waals surface area contributed by atoms with Crippen molar-refractivity contribution in [2.45, 2.75) is 20.0 Å². The van der Waals surface area contributed by atoms with E-state index in [1.54, 1.807) is 19.9 Å². The zero-order valence-corrected chi connectivity index (χ0v) is 8.67. The SMILES string of the molecule is Cc1cc(C)nc(OC(C(=O)O)C(=O)O)n1. The fraction of sp³-hybridized carbons (Fsp3) is 0.333. The molecule has 7 heteroatoms. The van der Waals surface area contributed by atoms with Gasteiger partial charge in [0.2, 0.25) is 0 Å². The van der Waals surface area contributed by atoms with Gasteiger partial charge in [-0.3, -0.25) is 0 Å². The van der Waals surface area contributed by atoms with Gasteiger partial charge in [-0.2, -0.15) is 0 Å². The fourth-order valence-electron chi connectivity index (χ4n) is 1.06. The Kier molecular flexibility index (Phi) is 3.39. The second kappa shape index (κ2) is 4.56. The van der Waals surface area contributed by atoms with Gasteiger partial charge >= 0.3 is 17.9 Å². The molecule has 1 rings (SSSR count). The van der Waals surface area contributed by atoms with Crippen LogP contribution in [-0.2, 0) is 9.59 Å². The summed E-state index contributed by atoms with van der Waals surface area (Å²) in [6, 6.07) is 1.40. The first-order chi connectivity index (χ1) is 7.40. The van der Waals surface area contributed by atoms with Crippen molar-refractivity contribution in [2.24, 2.45) is 0 Å². The van der Waals surface area contributed by atoms with Crippen molar-refractivity contribution < 1.29 is 24.5 Å². The monoisotopic (exact) mass is 226 g/mol. The van der Waals surface area contributed by atoms with Gasteiger partial charge in [-0.1, -0.05) is 0 Å². The van der Waals surface area contributed by atoms with Crippen molar-refractivity contribution in [3.8, 4) is 6.01 Å². The summed E-state index contributed by atoms with van der Waals surface area (Å²) in [6.45, 7) is 3.33. The molecule has 0 spiro atoms. The standard InChI is InChI=1S/C9H10N2O5/c1-4-3-5(2)11-9(10-4)16-6(7(12)13)8(14)15/h3,6H,1-2H3,(H,12,13)(H,14,15). The zero-order valence-electron chi connectivity index (χ0n) is 8.67. The van der Waals surface area contributed by atoms with Gasteiger partial charge in [0.25, 0.3) is 6.10 Å². The number of carbonyl (C=O) groups is 2. The van der Waals surface area contributed by atoms with E-state index in [1.165, 1.54) is 0 Å². The third-order valence-electron chi connectivity index (χ3n) is 1.63. The maximum atomic E-state index is 10.6. The number of carboxylic acids is 2. The molecule has 0 saturated carbocycles. The molecule has 0 saturated heterocycles. The molecule has 0 aromatic carbocycles. The molecule has 1 aromatic rings. The zero-order chi connectivity index (χ0) is 12.3. The molecular weight excluding hydrogens is 216 g/mol. The molecule has 0 bridgehead atoms. The Hall–Kier alpha value is -2.18. The molecule has 0 fully saturated rings. The molecule has 0 amide bonds. The van der Waals surface area contributed by atoms with Crippen LogP contribution in [-0.4, -0.2) is 38.2 Å². The first kappa shape index (κ1) is 11.9. The molecule has 7 nitrogen and oxygen atoms in total. The number of aromatic nitrogens is 2. The summed E-state index contributed by atoms with van der Waals surface area (Å²) in [5.41, 5.74) is 1.13. The van der Waals surface area contributed by atoms with Crippen LogP contribution in [0.2, 0.25) is 0 Å². The average Bonchev–Trinajstić information content (AvgIpc) is 2.11. The number of hydrogen-bond acceptors (Lipinski definition) is 5. The normalized spacial score (nSPS) is 10.2. The largest absolute Gasteiger partial charge is 0.478 e. The van der Waals surface area contributed by atoms with Gasteiger partial charge in [-0.25, -0.2) is 19.6 Å². The summed E-state index contributed by atoms with van der Waals surface area (Å²) in [4.78, 5) is 28.7. The van der Waals surface area contributed by atoms with Crippen LogP contribution in [0.25, 0.3) is 0 Å². The number of hydrogen-bond donors (Lipinski definition) is 2. The number of nitrogens with zero attached hydrogens (tertiary/aromatic N) is 2. The molecule has 16 heavy (non-hydrogen) atoms. The summed E-state index contributed by atoms with van der Waals surface area (Å²) < 4.78 is 4.68. The summed E-state index contributed by atoms with van der Waals surface area (Å²) in [7, 11) is 0. The number of rotatable bonds is 4. The van der Waals surface area contributed by atoms with E-state index >= 15 is 0 Å². The number of ether oxygens (including phenoxy) is 1. The molecule has 1 aromatic heterocycles. The molecule has 0 aliphatic carbocycles.